The van der Waals surface area contributed by atoms with Gasteiger partial charge in [0.05, 0.1) is 5.56 Å². The summed E-state index contributed by atoms with van der Waals surface area (Å²) in [6.07, 6.45) is -0.986. The summed E-state index contributed by atoms with van der Waals surface area (Å²) in [7, 11) is 0. The fourth-order valence-corrected chi connectivity index (χ4v) is 2.36. The molecule has 0 aliphatic carbocycles. The first-order chi connectivity index (χ1) is 11.9. The van der Waals surface area contributed by atoms with Gasteiger partial charge in [-0.25, -0.2) is 4.79 Å². The van der Waals surface area contributed by atoms with Crippen molar-refractivity contribution in [3.05, 3.63) is 82.2 Å². The third-order valence-corrected chi connectivity index (χ3v) is 3.48. The van der Waals surface area contributed by atoms with E-state index < -0.39 is 17.4 Å². The normalized spacial score (nSPS) is 12.0. The van der Waals surface area contributed by atoms with Crippen LogP contribution in [0.1, 0.15) is 11.1 Å². The summed E-state index contributed by atoms with van der Waals surface area (Å²) in [5.74, 6) is 0.313. The predicted octanol–water partition coefficient (Wildman–Crippen LogP) is 4.90. The van der Waals surface area contributed by atoms with Gasteiger partial charge in [-0.3, -0.25) is 0 Å². The summed E-state index contributed by atoms with van der Waals surface area (Å²) >= 11 is 0. The largest absolute Gasteiger partial charge is 0.489 e. The molecule has 0 atom stereocenters. The van der Waals surface area contributed by atoms with Crippen molar-refractivity contribution in [2.75, 3.05) is 6.61 Å². The van der Waals surface area contributed by atoms with E-state index in [4.69, 9.17) is 9.15 Å². The van der Waals surface area contributed by atoms with Crippen LogP contribution in [0.25, 0.3) is 17.0 Å². The second-order valence-corrected chi connectivity index (χ2v) is 5.26. The second-order valence-electron chi connectivity index (χ2n) is 5.26. The average Bonchev–Trinajstić information content (AvgIpc) is 2.58. The van der Waals surface area contributed by atoms with E-state index in [1.807, 2.05) is 36.4 Å². The molecule has 0 saturated carbocycles. The number of rotatable bonds is 4. The van der Waals surface area contributed by atoms with E-state index in [1.54, 1.807) is 6.08 Å². The standard InChI is InChI=1S/C19H13F3O3/c20-19(21,22)16-12-18(23)25-17-11-14(8-9-15(16)17)24-10-4-7-13-5-2-1-3-6-13/h1-9,11-12H,10H2/b7-4+. The van der Waals surface area contributed by atoms with Crippen LogP contribution in [-0.4, -0.2) is 6.61 Å². The third kappa shape index (κ3) is 4.09. The van der Waals surface area contributed by atoms with Crippen LogP contribution in [-0.2, 0) is 6.18 Å². The predicted molar refractivity (Wildman–Crippen MR) is 88.5 cm³/mol. The molecule has 1 aromatic heterocycles. The second kappa shape index (κ2) is 6.84. The fourth-order valence-electron chi connectivity index (χ4n) is 2.36. The summed E-state index contributed by atoms with van der Waals surface area (Å²) in [6, 6.07) is 14.0. The molecular weight excluding hydrogens is 333 g/mol. The minimum atomic E-state index is -4.63. The van der Waals surface area contributed by atoms with Gasteiger partial charge in [-0.2, -0.15) is 13.2 Å². The zero-order valence-electron chi connectivity index (χ0n) is 12.9. The average molecular weight is 346 g/mol. The lowest BCUT2D eigenvalue weighted by atomic mass is 10.1. The molecule has 0 fully saturated rings. The molecule has 0 aliphatic rings. The summed E-state index contributed by atoms with van der Waals surface area (Å²) in [4.78, 5) is 11.4. The van der Waals surface area contributed by atoms with Crippen molar-refractivity contribution in [3.8, 4) is 5.75 Å². The number of hydrogen-bond donors (Lipinski definition) is 0. The Balaban J connectivity index is 1.80. The van der Waals surface area contributed by atoms with Gasteiger partial charge in [0.1, 0.15) is 17.9 Å². The smallest absolute Gasteiger partial charge is 0.417 e. The summed E-state index contributed by atoms with van der Waals surface area (Å²) in [6.45, 7) is 0.226. The molecule has 3 nitrogen and oxygen atoms in total. The van der Waals surface area contributed by atoms with Crippen LogP contribution in [0.15, 0.2) is 69.9 Å². The zero-order valence-corrected chi connectivity index (χ0v) is 12.9. The Morgan fingerprint density at radius 2 is 1.80 bits per heavy atom. The van der Waals surface area contributed by atoms with Gasteiger partial charge in [-0.05, 0) is 23.8 Å². The topological polar surface area (TPSA) is 39.4 Å². The molecule has 3 aromatic rings. The molecule has 0 aliphatic heterocycles. The SMILES string of the molecule is O=c1cc(C(F)(F)F)c2ccc(OC/C=C/c3ccccc3)cc2o1. The fraction of sp³-hybridized carbons (Fsp3) is 0.105. The quantitative estimate of drug-likeness (QED) is 0.631. The maximum Gasteiger partial charge on any atom is 0.417 e. The van der Waals surface area contributed by atoms with Gasteiger partial charge in [0, 0.05) is 17.5 Å². The molecule has 0 N–H and O–H groups in total. The molecule has 0 unspecified atom stereocenters. The highest BCUT2D eigenvalue weighted by Crippen LogP contribution is 2.34. The lowest BCUT2D eigenvalue weighted by molar-refractivity contribution is -0.136. The molecule has 0 spiro atoms. The lowest BCUT2D eigenvalue weighted by Gasteiger charge is -2.10. The van der Waals surface area contributed by atoms with Crippen LogP contribution in [0.4, 0.5) is 13.2 Å². The number of benzene rings is 2. The molecule has 0 amide bonds. The minimum Gasteiger partial charge on any atom is -0.489 e. The van der Waals surface area contributed by atoms with Crippen molar-refractivity contribution in [2.24, 2.45) is 0 Å². The van der Waals surface area contributed by atoms with Crippen LogP contribution >= 0.6 is 0 Å². The van der Waals surface area contributed by atoms with Gasteiger partial charge in [-0.15, -0.1) is 0 Å². The minimum absolute atomic E-state index is 0.163. The lowest BCUT2D eigenvalue weighted by Crippen LogP contribution is -2.11. The Hall–Kier alpha value is -3.02. The zero-order chi connectivity index (χ0) is 17.9. The van der Waals surface area contributed by atoms with Crippen molar-refractivity contribution in [1.29, 1.82) is 0 Å². The molecule has 25 heavy (non-hydrogen) atoms. The summed E-state index contributed by atoms with van der Waals surface area (Å²) < 4.78 is 49.3. The number of ether oxygens (including phenoxy) is 1. The molecule has 128 valence electrons. The van der Waals surface area contributed by atoms with E-state index in [0.717, 1.165) is 5.56 Å². The molecule has 0 bridgehead atoms. The van der Waals surface area contributed by atoms with Crippen LogP contribution in [0.5, 0.6) is 5.75 Å². The van der Waals surface area contributed by atoms with E-state index in [9.17, 15) is 18.0 Å². The Morgan fingerprint density at radius 3 is 2.52 bits per heavy atom. The maximum absolute atomic E-state index is 13.0. The van der Waals surface area contributed by atoms with Gasteiger partial charge >= 0.3 is 11.8 Å². The Kier molecular flexibility index (Phi) is 4.61. The first-order valence-corrected chi connectivity index (χ1v) is 7.43. The summed E-state index contributed by atoms with van der Waals surface area (Å²) in [5, 5.41) is -0.181. The van der Waals surface area contributed by atoms with Gasteiger partial charge in [0.2, 0.25) is 0 Å². The van der Waals surface area contributed by atoms with E-state index in [0.29, 0.717) is 11.8 Å². The first kappa shape index (κ1) is 16.8. The van der Waals surface area contributed by atoms with Crippen molar-refractivity contribution in [2.45, 2.75) is 6.18 Å². The molecule has 0 saturated heterocycles. The number of halogens is 3. The molecule has 1 heterocycles. The molecule has 6 heteroatoms. The van der Waals surface area contributed by atoms with Crippen molar-refractivity contribution < 1.29 is 22.3 Å². The van der Waals surface area contributed by atoms with Crippen LogP contribution in [0.3, 0.4) is 0 Å². The Labute approximate surface area is 141 Å². The van der Waals surface area contributed by atoms with Crippen molar-refractivity contribution in [1.82, 2.24) is 0 Å². The van der Waals surface area contributed by atoms with Crippen LogP contribution < -0.4 is 10.4 Å². The molecule has 3 rings (SSSR count). The van der Waals surface area contributed by atoms with Gasteiger partial charge in [-0.1, -0.05) is 36.4 Å². The van der Waals surface area contributed by atoms with Crippen LogP contribution in [0.2, 0.25) is 0 Å². The van der Waals surface area contributed by atoms with Crippen molar-refractivity contribution in [3.63, 3.8) is 0 Å². The van der Waals surface area contributed by atoms with Gasteiger partial charge in [0.15, 0.2) is 0 Å². The molecule has 2 aromatic carbocycles. The highest BCUT2D eigenvalue weighted by atomic mass is 19.4. The molecular formula is C19H13F3O3. The Bertz CT molecular complexity index is 957. The third-order valence-electron chi connectivity index (χ3n) is 3.48. The maximum atomic E-state index is 13.0. The summed E-state index contributed by atoms with van der Waals surface area (Å²) in [5.41, 5.74) is -1.23. The van der Waals surface area contributed by atoms with E-state index in [2.05, 4.69) is 0 Å². The monoisotopic (exact) mass is 346 g/mol. The Morgan fingerprint density at radius 1 is 1.04 bits per heavy atom. The molecule has 0 radical (unpaired) electrons. The van der Waals surface area contributed by atoms with Crippen LogP contribution in [0, 0.1) is 0 Å². The van der Waals surface area contributed by atoms with E-state index in [-0.39, 0.29) is 17.6 Å². The van der Waals surface area contributed by atoms with Gasteiger partial charge in [0.25, 0.3) is 0 Å². The number of fused-ring (bicyclic) bond motifs is 1. The van der Waals surface area contributed by atoms with E-state index >= 15 is 0 Å². The highest BCUT2D eigenvalue weighted by molar-refractivity contribution is 5.82. The first-order valence-electron chi connectivity index (χ1n) is 7.43. The van der Waals surface area contributed by atoms with E-state index in [1.165, 1.54) is 18.2 Å². The number of alkyl halides is 3. The van der Waals surface area contributed by atoms with Crippen molar-refractivity contribution >= 4 is 17.0 Å². The highest BCUT2D eigenvalue weighted by Gasteiger charge is 2.33. The number of hydrogen-bond acceptors (Lipinski definition) is 3. The van der Waals surface area contributed by atoms with Gasteiger partial charge < -0.3 is 9.15 Å².